The van der Waals surface area contributed by atoms with E-state index in [9.17, 15) is 14.4 Å². The molecule has 2 aliphatic rings. The van der Waals surface area contributed by atoms with Gasteiger partial charge in [0, 0.05) is 43.4 Å². The second-order valence-electron chi connectivity index (χ2n) is 14.3. The van der Waals surface area contributed by atoms with Crippen molar-refractivity contribution in [1.29, 1.82) is 0 Å². The van der Waals surface area contributed by atoms with Crippen LogP contribution >= 0.6 is 11.6 Å². The summed E-state index contributed by atoms with van der Waals surface area (Å²) in [5.74, 6) is -0.299. The Kier molecular flexibility index (Phi) is 10.4. The fourth-order valence-corrected chi connectivity index (χ4v) is 7.69. The van der Waals surface area contributed by atoms with E-state index >= 15 is 0 Å². The molecule has 50 heavy (non-hydrogen) atoms. The Hall–Kier alpha value is -4.22. The van der Waals surface area contributed by atoms with Crippen molar-refractivity contribution in [3.05, 3.63) is 82.4 Å². The molecule has 1 saturated heterocycles. The quantitative estimate of drug-likeness (QED) is 0.139. The number of rotatable bonds is 13. The van der Waals surface area contributed by atoms with E-state index < -0.39 is 17.5 Å². The molecule has 0 radical (unpaired) electrons. The van der Waals surface area contributed by atoms with Crippen LogP contribution in [0.5, 0.6) is 0 Å². The van der Waals surface area contributed by atoms with Gasteiger partial charge in [-0.1, -0.05) is 56.6 Å². The summed E-state index contributed by atoms with van der Waals surface area (Å²) in [7, 11) is 0. The Morgan fingerprint density at radius 3 is 2.42 bits per heavy atom. The molecular formula is C38H48ClN7O4. The largest absolute Gasteiger partial charge is 0.381 e. The molecule has 6 rings (SSSR count). The number of H-pyrrole nitrogens is 1. The van der Waals surface area contributed by atoms with Crippen molar-refractivity contribution in [2.24, 2.45) is 11.3 Å². The van der Waals surface area contributed by atoms with E-state index in [1.165, 1.54) is 0 Å². The van der Waals surface area contributed by atoms with Gasteiger partial charge in [-0.25, -0.2) is 4.98 Å². The minimum atomic E-state index is -0.898. The first-order valence-corrected chi connectivity index (χ1v) is 18.1. The maximum Gasteiger partial charge on any atom is 0.270 e. The van der Waals surface area contributed by atoms with Gasteiger partial charge in [0.15, 0.2) is 0 Å². The molecule has 11 nitrogen and oxygen atoms in total. The van der Waals surface area contributed by atoms with Gasteiger partial charge < -0.3 is 25.7 Å². The number of nitrogens with one attached hydrogen (secondary N) is 4. The van der Waals surface area contributed by atoms with Crippen molar-refractivity contribution in [2.75, 3.05) is 19.8 Å². The van der Waals surface area contributed by atoms with Gasteiger partial charge in [-0.2, -0.15) is 5.10 Å². The second kappa shape index (κ2) is 14.6. The number of aryl methyl sites for hydroxylation is 1. The number of hydrogen-bond donors (Lipinski definition) is 4. The lowest BCUT2D eigenvalue weighted by atomic mass is 9.73. The zero-order chi connectivity index (χ0) is 35.6. The van der Waals surface area contributed by atoms with Crippen molar-refractivity contribution in [1.82, 2.24) is 35.7 Å². The predicted octanol–water partition coefficient (Wildman–Crippen LogP) is 5.81. The van der Waals surface area contributed by atoms with Gasteiger partial charge in [0.05, 0.1) is 22.5 Å². The lowest BCUT2D eigenvalue weighted by molar-refractivity contribution is -0.135. The predicted molar refractivity (Wildman–Crippen MR) is 193 cm³/mol. The monoisotopic (exact) mass is 701 g/mol. The fourth-order valence-electron chi connectivity index (χ4n) is 7.43. The van der Waals surface area contributed by atoms with Crippen LogP contribution in [0.4, 0.5) is 0 Å². The van der Waals surface area contributed by atoms with Crippen LogP contribution in [0, 0.1) is 11.3 Å². The van der Waals surface area contributed by atoms with Gasteiger partial charge in [-0.15, -0.1) is 0 Å². The molecule has 0 spiro atoms. The third-order valence-corrected chi connectivity index (χ3v) is 11.0. The molecule has 12 heteroatoms. The molecule has 4 N–H and O–H groups in total. The average Bonchev–Trinajstić information content (AvgIpc) is 3.47. The van der Waals surface area contributed by atoms with Gasteiger partial charge in [0.1, 0.15) is 17.6 Å². The molecule has 0 unspecified atom stereocenters. The zero-order valence-corrected chi connectivity index (χ0v) is 30.3. The van der Waals surface area contributed by atoms with Crippen LogP contribution in [0.25, 0.3) is 11.0 Å². The van der Waals surface area contributed by atoms with E-state index in [0.717, 1.165) is 29.5 Å². The molecule has 2 fully saturated rings. The Labute approximate surface area is 298 Å². The number of halogens is 1. The molecule has 1 aliphatic heterocycles. The molecule has 4 aromatic rings. The Balaban J connectivity index is 1.41. The summed E-state index contributed by atoms with van der Waals surface area (Å²) in [5.41, 5.74) is 2.69. The first-order chi connectivity index (χ1) is 24.0. The summed E-state index contributed by atoms with van der Waals surface area (Å²) < 4.78 is 7.40. The minimum absolute atomic E-state index is 0.0949. The van der Waals surface area contributed by atoms with E-state index in [4.69, 9.17) is 21.3 Å². The molecule has 3 atom stereocenters. The number of nitrogens with zero attached hydrogens (tertiary/aromatic N) is 3. The number of ether oxygens (including phenoxy) is 1. The van der Waals surface area contributed by atoms with Gasteiger partial charge >= 0.3 is 0 Å². The fraction of sp³-hybridized carbons (Fsp3) is 0.500. The van der Waals surface area contributed by atoms with Crippen LogP contribution in [0.2, 0.25) is 5.02 Å². The number of carbonyl (C=O) groups is 3. The number of fused-ring (bicyclic) bond motifs is 1. The molecule has 2 aromatic heterocycles. The van der Waals surface area contributed by atoms with Crippen molar-refractivity contribution in [3.8, 4) is 0 Å². The summed E-state index contributed by atoms with van der Waals surface area (Å²) in [6, 6.07) is 14.2. The lowest BCUT2D eigenvalue weighted by Crippen LogP contribution is -2.56. The summed E-state index contributed by atoms with van der Waals surface area (Å²) in [6.07, 6.45) is 4.55. The van der Waals surface area contributed by atoms with Crippen LogP contribution in [-0.2, 0) is 26.3 Å². The maximum absolute atomic E-state index is 14.2. The highest BCUT2D eigenvalue weighted by Gasteiger charge is 2.51. The van der Waals surface area contributed by atoms with Crippen LogP contribution in [0.15, 0.2) is 54.7 Å². The van der Waals surface area contributed by atoms with Crippen molar-refractivity contribution >= 4 is 40.4 Å². The lowest BCUT2D eigenvalue weighted by Gasteiger charge is -2.37. The number of hydrogen-bond acceptors (Lipinski definition) is 6. The normalized spacial score (nSPS) is 18.3. The Bertz CT molecular complexity index is 1860. The SMILES string of the molecule is CCNC(=O)[C@H](NC(=O)C1(c2ccc3nc([C@@H](NC(=O)c4ccnn4CC)[C@H](c4ccccc4Cl)C4(C)CC4)[nH]c3c2)CCOCC1)C(C)C. The highest BCUT2D eigenvalue weighted by Crippen LogP contribution is 2.60. The molecule has 2 aromatic carbocycles. The Morgan fingerprint density at radius 2 is 1.76 bits per heavy atom. The second-order valence-corrected chi connectivity index (χ2v) is 14.7. The standard InChI is InChI=1S/C38H48ClN7O4/c1-6-40-35(48)31(23(3)4)45-36(49)38(17-20-50-21-18-38)24-12-13-27-28(22-24)43-33(42-27)32(44-34(47)29-14-19-41-46(29)7-2)30(37(5)15-16-37)25-10-8-9-11-26(25)39/h8-14,19,22-23,30-32H,6-7,15-18,20-21H2,1-5H3,(H,40,48)(H,42,43)(H,44,47)(H,45,49)/t30-,31+,32-/m0/s1. The highest BCUT2D eigenvalue weighted by atomic mass is 35.5. The van der Waals surface area contributed by atoms with Gasteiger partial charge in [-0.05, 0) is 86.3 Å². The third-order valence-electron chi connectivity index (χ3n) is 10.6. The number of benzene rings is 2. The first-order valence-electron chi connectivity index (χ1n) is 17.7. The minimum Gasteiger partial charge on any atom is -0.381 e. The maximum atomic E-state index is 14.2. The highest BCUT2D eigenvalue weighted by molar-refractivity contribution is 6.31. The van der Waals surface area contributed by atoms with Crippen molar-refractivity contribution in [2.45, 2.75) is 90.3 Å². The van der Waals surface area contributed by atoms with Crippen LogP contribution in [0.3, 0.4) is 0 Å². The number of carbonyl (C=O) groups excluding carboxylic acids is 3. The van der Waals surface area contributed by atoms with Crippen LogP contribution in [0.1, 0.15) is 99.7 Å². The summed E-state index contributed by atoms with van der Waals surface area (Å²) >= 11 is 6.86. The van der Waals surface area contributed by atoms with Crippen molar-refractivity contribution in [3.63, 3.8) is 0 Å². The molecule has 1 aliphatic carbocycles. The average molecular weight is 702 g/mol. The number of aromatic amines is 1. The molecule has 3 heterocycles. The van der Waals surface area contributed by atoms with Gasteiger partial charge in [0.25, 0.3) is 5.91 Å². The number of likely N-dealkylation sites (N-methyl/N-ethyl adjacent to an activating group) is 1. The van der Waals surface area contributed by atoms with E-state index in [0.29, 0.717) is 61.2 Å². The van der Waals surface area contributed by atoms with Crippen LogP contribution < -0.4 is 16.0 Å². The summed E-state index contributed by atoms with van der Waals surface area (Å²) in [6.45, 7) is 11.8. The summed E-state index contributed by atoms with van der Waals surface area (Å²) in [4.78, 5) is 49.7. The van der Waals surface area contributed by atoms with Gasteiger partial charge in [-0.3, -0.25) is 19.1 Å². The Morgan fingerprint density at radius 1 is 1.02 bits per heavy atom. The van der Waals surface area contributed by atoms with Gasteiger partial charge in [0.2, 0.25) is 11.8 Å². The topological polar surface area (TPSA) is 143 Å². The van der Waals surface area contributed by atoms with Crippen molar-refractivity contribution < 1.29 is 19.1 Å². The van der Waals surface area contributed by atoms with E-state index in [2.05, 4.69) is 33.0 Å². The molecule has 1 saturated carbocycles. The van der Waals surface area contributed by atoms with Crippen LogP contribution in [-0.4, -0.2) is 63.3 Å². The molecule has 266 valence electrons. The first kappa shape index (κ1) is 35.6. The number of amides is 3. The third kappa shape index (κ3) is 6.90. The smallest absolute Gasteiger partial charge is 0.270 e. The number of aromatic nitrogens is 4. The van der Waals surface area contributed by atoms with E-state index in [1.807, 2.05) is 70.2 Å². The molecule has 3 amide bonds. The zero-order valence-electron chi connectivity index (χ0n) is 29.5. The molecular weight excluding hydrogens is 654 g/mol. The molecule has 0 bridgehead atoms. The van der Waals surface area contributed by atoms with E-state index in [1.54, 1.807) is 16.9 Å². The number of imidazole rings is 1. The van der Waals surface area contributed by atoms with E-state index in [-0.39, 0.29) is 35.0 Å². The summed E-state index contributed by atoms with van der Waals surface area (Å²) in [5, 5.41) is 14.2.